The molecule has 0 atom stereocenters. The highest BCUT2D eigenvalue weighted by molar-refractivity contribution is 5.96. The van der Waals surface area contributed by atoms with E-state index in [-0.39, 0.29) is 5.91 Å². The maximum absolute atomic E-state index is 11.7. The number of aryl methyl sites for hydroxylation is 1. The minimum atomic E-state index is -0.0990. The van der Waals surface area contributed by atoms with Crippen molar-refractivity contribution in [2.75, 3.05) is 21.2 Å². The third kappa shape index (κ3) is 2.02. The molecule has 0 aromatic carbocycles. The van der Waals surface area contributed by atoms with Crippen molar-refractivity contribution in [2.45, 2.75) is 6.92 Å². The third-order valence-electron chi connectivity index (χ3n) is 1.82. The van der Waals surface area contributed by atoms with Gasteiger partial charge in [0.2, 0.25) is 5.88 Å². The average Bonchev–Trinajstić information content (AvgIpc) is 2.16. The molecule has 0 radical (unpaired) electrons. The van der Waals surface area contributed by atoms with Gasteiger partial charge in [0, 0.05) is 20.3 Å². The summed E-state index contributed by atoms with van der Waals surface area (Å²) in [7, 11) is 4.90. The van der Waals surface area contributed by atoms with Gasteiger partial charge in [-0.05, 0) is 18.6 Å². The van der Waals surface area contributed by atoms with Gasteiger partial charge in [-0.15, -0.1) is 0 Å². The van der Waals surface area contributed by atoms with Crippen LogP contribution in [0.3, 0.4) is 0 Å². The summed E-state index contributed by atoms with van der Waals surface area (Å²) in [6, 6.07) is 1.77. The number of ether oxygens (including phenoxy) is 1. The maximum atomic E-state index is 11.7. The number of pyridine rings is 1. The topological polar surface area (TPSA) is 42.4 Å². The lowest BCUT2D eigenvalue weighted by atomic mass is 10.2. The Hall–Kier alpha value is -1.58. The zero-order valence-corrected chi connectivity index (χ0v) is 8.87. The molecule has 0 saturated heterocycles. The number of aromatic nitrogens is 1. The van der Waals surface area contributed by atoms with Crippen molar-refractivity contribution in [1.82, 2.24) is 9.88 Å². The van der Waals surface area contributed by atoms with E-state index in [2.05, 4.69) is 4.98 Å². The van der Waals surface area contributed by atoms with Gasteiger partial charge in [-0.2, -0.15) is 0 Å². The van der Waals surface area contributed by atoms with Crippen molar-refractivity contribution in [3.05, 3.63) is 23.4 Å². The summed E-state index contributed by atoms with van der Waals surface area (Å²) in [5, 5.41) is 0. The van der Waals surface area contributed by atoms with Crippen LogP contribution in [0.5, 0.6) is 5.88 Å². The molecule has 0 aliphatic rings. The Balaban J connectivity index is 3.17. The fraction of sp³-hybridized carbons (Fsp3) is 0.400. The third-order valence-corrected chi connectivity index (χ3v) is 1.82. The molecule has 4 nitrogen and oxygen atoms in total. The van der Waals surface area contributed by atoms with E-state index in [0.717, 1.165) is 5.56 Å². The molecule has 14 heavy (non-hydrogen) atoms. The molecule has 0 fully saturated rings. The van der Waals surface area contributed by atoms with Gasteiger partial charge in [0.25, 0.3) is 5.91 Å². The van der Waals surface area contributed by atoms with Crippen LogP contribution in [0.4, 0.5) is 0 Å². The van der Waals surface area contributed by atoms with Crippen LogP contribution in [0.2, 0.25) is 0 Å². The van der Waals surface area contributed by atoms with E-state index in [1.807, 2.05) is 6.92 Å². The van der Waals surface area contributed by atoms with E-state index in [1.165, 1.54) is 12.0 Å². The molecular formula is C10H14N2O2. The van der Waals surface area contributed by atoms with Crippen LogP contribution in [0.1, 0.15) is 15.9 Å². The Kier molecular flexibility index (Phi) is 3.06. The Labute approximate surface area is 83.5 Å². The van der Waals surface area contributed by atoms with Crippen LogP contribution in [0.25, 0.3) is 0 Å². The minimum absolute atomic E-state index is 0.0990. The van der Waals surface area contributed by atoms with Crippen molar-refractivity contribution in [1.29, 1.82) is 0 Å². The fourth-order valence-electron chi connectivity index (χ4n) is 1.11. The fourth-order valence-corrected chi connectivity index (χ4v) is 1.11. The van der Waals surface area contributed by atoms with Crippen LogP contribution >= 0.6 is 0 Å². The molecule has 0 aliphatic heterocycles. The van der Waals surface area contributed by atoms with Gasteiger partial charge in [0.1, 0.15) is 5.56 Å². The quantitative estimate of drug-likeness (QED) is 0.708. The number of amides is 1. The van der Waals surface area contributed by atoms with Crippen LogP contribution < -0.4 is 4.74 Å². The SMILES string of the molecule is COc1ncc(C)cc1C(=O)N(C)C. The lowest BCUT2D eigenvalue weighted by Crippen LogP contribution is -2.22. The number of hydrogen-bond donors (Lipinski definition) is 0. The van der Waals surface area contributed by atoms with Gasteiger partial charge in [-0.25, -0.2) is 4.98 Å². The van der Waals surface area contributed by atoms with Gasteiger partial charge in [0.15, 0.2) is 0 Å². The summed E-state index contributed by atoms with van der Waals surface area (Å²) in [6.45, 7) is 1.89. The van der Waals surface area contributed by atoms with E-state index < -0.39 is 0 Å². The first-order chi connectivity index (χ1) is 6.56. The largest absolute Gasteiger partial charge is 0.480 e. The second-order valence-corrected chi connectivity index (χ2v) is 3.27. The van der Waals surface area contributed by atoms with E-state index in [4.69, 9.17) is 4.74 Å². The first kappa shape index (κ1) is 10.5. The highest BCUT2D eigenvalue weighted by atomic mass is 16.5. The summed E-state index contributed by atoms with van der Waals surface area (Å²) >= 11 is 0. The van der Waals surface area contributed by atoms with Gasteiger partial charge in [0.05, 0.1) is 7.11 Å². The highest BCUT2D eigenvalue weighted by Gasteiger charge is 2.15. The summed E-state index contributed by atoms with van der Waals surface area (Å²) in [5.74, 6) is 0.271. The van der Waals surface area contributed by atoms with Gasteiger partial charge in [-0.1, -0.05) is 0 Å². The second kappa shape index (κ2) is 4.09. The van der Waals surface area contributed by atoms with Crippen molar-refractivity contribution in [3.63, 3.8) is 0 Å². The van der Waals surface area contributed by atoms with Crippen molar-refractivity contribution < 1.29 is 9.53 Å². The van der Waals surface area contributed by atoms with Crippen molar-refractivity contribution in [2.24, 2.45) is 0 Å². The molecule has 76 valence electrons. The van der Waals surface area contributed by atoms with Crippen molar-refractivity contribution >= 4 is 5.91 Å². The summed E-state index contributed by atoms with van der Waals surface area (Å²) in [4.78, 5) is 17.2. The molecule has 1 heterocycles. The molecule has 1 rings (SSSR count). The number of carbonyl (C=O) groups excluding carboxylic acids is 1. The predicted octanol–water partition coefficient (Wildman–Crippen LogP) is 1.10. The van der Waals surface area contributed by atoms with E-state index in [9.17, 15) is 4.79 Å². The number of rotatable bonds is 2. The van der Waals surface area contributed by atoms with E-state index in [1.54, 1.807) is 26.4 Å². The lowest BCUT2D eigenvalue weighted by molar-refractivity contribution is 0.0823. The van der Waals surface area contributed by atoms with Crippen LogP contribution in [-0.4, -0.2) is 37.0 Å². The van der Waals surface area contributed by atoms with Gasteiger partial charge >= 0.3 is 0 Å². The Morgan fingerprint density at radius 3 is 2.64 bits per heavy atom. The molecule has 0 saturated carbocycles. The molecule has 4 heteroatoms. The molecule has 1 aromatic heterocycles. The molecule has 0 spiro atoms. The van der Waals surface area contributed by atoms with Gasteiger partial charge in [-0.3, -0.25) is 4.79 Å². The number of nitrogens with zero attached hydrogens (tertiary/aromatic N) is 2. The Morgan fingerprint density at radius 2 is 2.14 bits per heavy atom. The molecule has 1 amide bonds. The number of carbonyl (C=O) groups is 1. The summed E-state index contributed by atoms with van der Waals surface area (Å²) in [6.07, 6.45) is 1.67. The maximum Gasteiger partial charge on any atom is 0.258 e. The molecular weight excluding hydrogens is 180 g/mol. The number of hydrogen-bond acceptors (Lipinski definition) is 3. The smallest absolute Gasteiger partial charge is 0.258 e. The predicted molar refractivity (Wildman–Crippen MR) is 53.5 cm³/mol. The Morgan fingerprint density at radius 1 is 1.50 bits per heavy atom. The zero-order valence-electron chi connectivity index (χ0n) is 8.87. The highest BCUT2D eigenvalue weighted by Crippen LogP contribution is 2.16. The molecule has 0 unspecified atom stereocenters. The first-order valence-electron chi connectivity index (χ1n) is 4.28. The van der Waals surface area contributed by atoms with Crippen LogP contribution in [-0.2, 0) is 0 Å². The van der Waals surface area contributed by atoms with E-state index >= 15 is 0 Å². The lowest BCUT2D eigenvalue weighted by Gasteiger charge is -2.12. The van der Waals surface area contributed by atoms with Crippen LogP contribution in [0, 0.1) is 6.92 Å². The average molecular weight is 194 g/mol. The molecule has 0 bridgehead atoms. The monoisotopic (exact) mass is 194 g/mol. The second-order valence-electron chi connectivity index (χ2n) is 3.27. The summed E-state index contributed by atoms with van der Waals surface area (Å²) < 4.78 is 5.01. The van der Waals surface area contributed by atoms with E-state index in [0.29, 0.717) is 11.4 Å². The Bertz CT molecular complexity index is 348. The summed E-state index contributed by atoms with van der Waals surface area (Å²) in [5.41, 5.74) is 1.44. The molecule has 0 N–H and O–H groups in total. The van der Waals surface area contributed by atoms with Crippen LogP contribution in [0.15, 0.2) is 12.3 Å². The number of methoxy groups -OCH3 is 1. The zero-order chi connectivity index (χ0) is 10.7. The normalized spacial score (nSPS) is 9.71. The minimum Gasteiger partial charge on any atom is -0.480 e. The standard InChI is InChI=1S/C10H14N2O2/c1-7-5-8(10(13)12(2)3)9(14-4)11-6-7/h5-6H,1-4H3. The van der Waals surface area contributed by atoms with Gasteiger partial charge < -0.3 is 9.64 Å². The first-order valence-corrected chi connectivity index (χ1v) is 4.28. The molecule has 1 aromatic rings. The molecule has 0 aliphatic carbocycles. The van der Waals surface area contributed by atoms with Crippen molar-refractivity contribution in [3.8, 4) is 5.88 Å².